The largest absolute Gasteiger partial charge is 0.396 e. The smallest absolute Gasteiger partial charge is 0.144 e. The molecule has 2 rings (SSSR count). The van der Waals surface area contributed by atoms with E-state index >= 15 is 0 Å². The lowest BCUT2D eigenvalue weighted by Gasteiger charge is -2.07. The quantitative estimate of drug-likeness (QED) is 0.909. The zero-order valence-corrected chi connectivity index (χ0v) is 11.2. The molecule has 0 fully saturated rings. The van der Waals surface area contributed by atoms with Crippen LogP contribution in [0.1, 0.15) is 0 Å². The zero-order valence-electron chi connectivity index (χ0n) is 8.90. The van der Waals surface area contributed by atoms with Gasteiger partial charge in [-0.15, -0.1) is 0 Å². The first kappa shape index (κ1) is 12.2. The summed E-state index contributed by atoms with van der Waals surface area (Å²) in [5, 5.41) is 7.79. The maximum absolute atomic E-state index is 6.02. The molecule has 2 aromatic rings. The standard InChI is InChI=1S/C10H11BrClN5/c11-7-3-9(12)10(15-4-7)14-1-2-17-6-8(13)5-16-17/h3-6H,1-2,13H2,(H,14,15). The lowest BCUT2D eigenvalue weighted by molar-refractivity contribution is 0.637. The van der Waals surface area contributed by atoms with Gasteiger partial charge in [-0.1, -0.05) is 11.6 Å². The Morgan fingerprint density at radius 1 is 1.47 bits per heavy atom. The maximum Gasteiger partial charge on any atom is 0.144 e. The van der Waals surface area contributed by atoms with Gasteiger partial charge in [0, 0.05) is 23.4 Å². The molecule has 0 spiro atoms. The topological polar surface area (TPSA) is 68.8 Å². The maximum atomic E-state index is 6.02. The molecule has 0 bridgehead atoms. The molecule has 0 saturated heterocycles. The van der Waals surface area contributed by atoms with Gasteiger partial charge in [0.15, 0.2) is 0 Å². The highest BCUT2D eigenvalue weighted by atomic mass is 79.9. The van der Waals surface area contributed by atoms with E-state index in [1.165, 1.54) is 0 Å². The number of nitrogens with zero attached hydrogens (tertiary/aromatic N) is 3. The first-order valence-corrected chi connectivity index (χ1v) is 6.15. The van der Waals surface area contributed by atoms with E-state index in [4.69, 9.17) is 17.3 Å². The second kappa shape index (κ2) is 5.37. The van der Waals surface area contributed by atoms with Gasteiger partial charge in [-0.25, -0.2) is 4.98 Å². The molecule has 0 saturated carbocycles. The summed E-state index contributed by atoms with van der Waals surface area (Å²) in [7, 11) is 0. The molecular weight excluding hydrogens is 306 g/mol. The van der Waals surface area contributed by atoms with Crippen LogP contribution in [-0.2, 0) is 6.54 Å². The van der Waals surface area contributed by atoms with E-state index in [9.17, 15) is 0 Å². The van der Waals surface area contributed by atoms with E-state index in [1.807, 2.05) is 0 Å². The second-order valence-corrected chi connectivity index (χ2v) is 4.77. The highest BCUT2D eigenvalue weighted by molar-refractivity contribution is 9.10. The summed E-state index contributed by atoms with van der Waals surface area (Å²) < 4.78 is 2.61. The number of nitrogens with two attached hydrogens (primary N) is 1. The van der Waals surface area contributed by atoms with E-state index < -0.39 is 0 Å². The van der Waals surface area contributed by atoms with Crippen molar-refractivity contribution in [2.24, 2.45) is 0 Å². The predicted octanol–water partition coefficient (Wildman–Crippen LogP) is 2.39. The van der Waals surface area contributed by atoms with Crippen molar-refractivity contribution in [3.63, 3.8) is 0 Å². The van der Waals surface area contributed by atoms with Gasteiger partial charge in [0.25, 0.3) is 0 Å². The van der Waals surface area contributed by atoms with Crippen LogP contribution in [0.3, 0.4) is 0 Å². The molecule has 3 N–H and O–H groups in total. The van der Waals surface area contributed by atoms with Crippen LogP contribution >= 0.6 is 27.5 Å². The molecule has 0 aliphatic rings. The first-order chi connectivity index (χ1) is 8.15. The molecule has 2 heterocycles. The normalized spacial score (nSPS) is 10.5. The molecule has 17 heavy (non-hydrogen) atoms. The van der Waals surface area contributed by atoms with E-state index in [0.717, 1.165) is 4.47 Å². The van der Waals surface area contributed by atoms with Crippen molar-refractivity contribution in [3.8, 4) is 0 Å². The van der Waals surface area contributed by atoms with Gasteiger partial charge in [0.1, 0.15) is 5.82 Å². The number of aromatic nitrogens is 3. The minimum Gasteiger partial charge on any atom is -0.396 e. The Hall–Kier alpha value is -1.27. The van der Waals surface area contributed by atoms with Gasteiger partial charge < -0.3 is 11.1 Å². The Bertz CT molecular complexity index is 513. The fraction of sp³-hybridized carbons (Fsp3) is 0.200. The van der Waals surface area contributed by atoms with Gasteiger partial charge in [0.05, 0.1) is 23.5 Å². The average molecular weight is 317 g/mol. The van der Waals surface area contributed by atoms with Crippen LogP contribution in [0.4, 0.5) is 11.5 Å². The van der Waals surface area contributed by atoms with Crippen molar-refractivity contribution in [1.29, 1.82) is 0 Å². The summed E-state index contributed by atoms with van der Waals surface area (Å²) in [6, 6.07) is 1.79. The number of anilines is 2. The fourth-order valence-corrected chi connectivity index (χ4v) is 2.03. The number of nitrogen functional groups attached to an aromatic ring is 1. The van der Waals surface area contributed by atoms with Crippen LogP contribution in [-0.4, -0.2) is 21.3 Å². The van der Waals surface area contributed by atoms with E-state index in [1.54, 1.807) is 29.3 Å². The first-order valence-electron chi connectivity index (χ1n) is 4.98. The lowest BCUT2D eigenvalue weighted by atomic mass is 10.4. The van der Waals surface area contributed by atoms with Gasteiger partial charge in [0.2, 0.25) is 0 Å². The minimum atomic E-state index is 0.583. The SMILES string of the molecule is Nc1cnn(CCNc2ncc(Br)cc2Cl)c1. The Kier molecular flexibility index (Phi) is 3.86. The highest BCUT2D eigenvalue weighted by Crippen LogP contribution is 2.22. The third kappa shape index (κ3) is 3.34. The minimum absolute atomic E-state index is 0.583. The Balaban J connectivity index is 1.90. The predicted molar refractivity (Wildman–Crippen MR) is 72.1 cm³/mol. The van der Waals surface area contributed by atoms with Crippen molar-refractivity contribution in [2.45, 2.75) is 6.54 Å². The number of hydrogen-bond acceptors (Lipinski definition) is 4. The zero-order chi connectivity index (χ0) is 12.3. The summed E-state index contributed by atoms with van der Waals surface area (Å²) in [5.74, 6) is 0.662. The van der Waals surface area contributed by atoms with E-state index in [0.29, 0.717) is 29.6 Å². The molecule has 0 unspecified atom stereocenters. The lowest BCUT2D eigenvalue weighted by Crippen LogP contribution is -2.11. The number of hydrogen-bond donors (Lipinski definition) is 2. The van der Waals surface area contributed by atoms with Crippen LogP contribution in [0.5, 0.6) is 0 Å². The van der Waals surface area contributed by atoms with E-state index in [-0.39, 0.29) is 0 Å². The molecule has 7 heteroatoms. The van der Waals surface area contributed by atoms with Crippen LogP contribution in [0, 0.1) is 0 Å². The van der Waals surface area contributed by atoms with E-state index in [2.05, 4.69) is 31.3 Å². The third-order valence-electron chi connectivity index (χ3n) is 2.09. The van der Waals surface area contributed by atoms with Gasteiger partial charge in [-0.05, 0) is 22.0 Å². The third-order valence-corrected chi connectivity index (χ3v) is 2.82. The molecule has 0 radical (unpaired) electrons. The second-order valence-electron chi connectivity index (χ2n) is 3.45. The highest BCUT2D eigenvalue weighted by Gasteiger charge is 2.02. The van der Waals surface area contributed by atoms with Crippen molar-refractivity contribution >= 4 is 39.0 Å². The van der Waals surface area contributed by atoms with Gasteiger partial charge in [-0.3, -0.25) is 4.68 Å². The van der Waals surface area contributed by atoms with Crippen LogP contribution < -0.4 is 11.1 Å². The Morgan fingerprint density at radius 3 is 2.94 bits per heavy atom. The molecule has 0 atom stereocenters. The van der Waals surface area contributed by atoms with Crippen LogP contribution in [0.15, 0.2) is 29.1 Å². The summed E-state index contributed by atoms with van der Waals surface area (Å²) in [4.78, 5) is 4.17. The summed E-state index contributed by atoms with van der Waals surface area (Å²) >= 11 is 9.32. The molecule has 0 aromatic carbocycles. The summed E-state index contributed by atoms with van der Waals surface area (Å²) in [6.45, 7) is 1.38. The van der Waals surface area contributed by atoms with Crippen molar-refractivity contribution in [2.75, 3.05) is 17.6 Å². The summed E-state index contributed by atoms with van der Waals surface area (Å²) in [5.41, 5.74) is 6.22. The molecule has 0 aliphatic carbocycles. The molecule has 0 aliphatic heterocycles. The number of halogens is 2. The summed E-state index contributed by atoms with van der Waals surface area (Å²) in [6.07, 6.45) is 5.09. The van der Waals surface area contributed by atoms with Gasteiger partial charge in [-0.2, -0.15) is 5.10 Å². The number of rotatable bonds is 4. The Labute approximate surface area is 112 Å². The van der Waals surface area contributed by atoms with Crippen LogP contribution in [0.25, 0.3) is 0 Å². The molecule has 2 aromatic heterocycles. The molecule has 90 valence electrons. The average Bonchev–Trinajstić information content (AvgIpc) is 2.68. The monoisotopic (exact) mass is 315 g/mol. The van der Waals surface area contributed by atoms with Crippen molar-refractivity contribution in [1.82, 2.24) is 14.8 Å². The molecule has 0 amide bonds. The van der Waals surface area contributed by atoms with Crippen molar-refractivity contribution < 1.29 is 0 Å². The Morgan fingerprint density at radius 2 is 2.29 bits per heavy atom. The van der Waals surface area contributed by atoms with Crippen LogP contribution in [0.2, 0.25) is 5.02 Å². The number of pyridine rings is 1. The van der Waals surface area contributed by atoms with Gasteiger partial charge >= 0.3 is 0 Å². The molecular formula is C10H11BrClN5. The fourth-order valence-electron chi connectivity index (χ4n) is 1.34. The number of nitrogens with one attached hydrogen (secondary N) is 1. The van der Waals surface area contributed by atoms with Crippen molar-refractivity contribution in [3.05, 3.63) is 34.2 Å². The molecule has 5 nitrogen and oxygen atoms in total.